The Morgan fingerprint density at radius 1 is 1.12 bits per heavy atom. The van der Waals surface area contributed by atoms with Gasteiger partial charge in [0.25, 0.3) is 5.91 Å². The van der Waals surface area contributed by atoms with Crippen LogP contribution in [-0.2, 0) is 13.0 Å². The summed E-state index contributed by atoms with van der Waals surface area (Å²) < 4.78 is 24.1. The van der Waals surface area contributed by atoms with Gasteiger partial charge < -0.3 is 14.5 Å². The number of hydrogen-bond acceptors (Lipinski definition) is 3. The second kappa shape index (κ2) is 8.34. The highest BCUT2D eigenvalue weighted by molar-refractivity contribution is 5.97. The standard InChI is InChI=1S/C21H20FNO3/c1-15(13-18-5-4-12-25-18)23-21(24)19-6-2-3-7-20(19)26-14-16-8-10-17(22)11-9-16/h2-12,15H,13-14H2,1H3,(H,23,24)/t15-/m0/s1. The largest absolute Gasteiger partial charge is 0.488 e. The van der Waals surface area contributed by atoms with E-state index in [1.54, 1.807) is 36.6 Å². The summed E-state index contributed by atoms with van der Waals surface area (Å²) in [7, 11) is 0. The van der Waals surface area contributed by atoms with Gasteiger partial charge in [-0.15, -0.1) is 0 Å². The molecule has 26 heavy (non-hydrogen) atoms. The molecule has 1 amide bonds. The summed E-state index contributed by atoms with van der Waals surface area (Å²) >= 11 is 0. The van der Waals surface area contributed by atoms with Gasteiger partial charge in [0.2, 0.25) is 0 Å². The minimum atomic E-state index is -0.293. The minimum absolute atomic E-state index is 0.0844. The van der Waals surface area contributed by atoms with E-state index in [2.05, 4.69) is 5.32 Å². The van der Waals surface area contributed by atoms with E-state index in [4.69, 9.17) is 9.15 Å². The molecule has 0 unspecified atom stereocenters. The molecule has 0 bridgehead atoms. The molecule has 1 atom stereocenters. The van der Waals surface area contributed by atoms with E-state index >= 15 is 0 Å². The maximum atomic E-state index is 13.0. The molecule has 0 aliphatic carbocycles. The van der Waals surface area contributed by atoms with Gasteiger partial charge in [0.1, 0.15) is 23.9 Å². The number of rotatable bonds is 7. The van der Waals surface area contributed by atoms with Gasteiger partial charge in [-0.2, -0.15) is 0 Å². The van der Waals surface area contributed by atoms with Gasteiger partial charge in [0.05, 0.1) is 11.8 Å². The smallest absolute Gasteiger partial charge is 0.255 e. The van der Waals surface area contributed by atoms with E-state index in [1.807, 2.05) is 25.1 Å². The van der Waals surface area contributed by atoms with Crippen molar-refractivity contribution in [1.29, 1.82) is 0 Å². The number of para-hydroxylation sites is 1. The minimum Gasteiger partial charge on any atom is -0.488 e. The van der Waals surface area contributed by atoms with E-state index in [0.717, 1.165) is 11.3 Å². The summed E-state index contributed by atoms with van der Waals surface area (Å²) in [6, 6.07) is 16.8. The summed E-state index contributed by atoms with van der Waals surface area (Å²) in [6.07, 6.45) is 2.22. The fourth-order valence-electron chi connectivity index (χ4n) is 2.60. The quantitative estimate of drug-likeness (QED) is 0.687. The molecule has 5 heteroatoms. The van der Waals surface area contributed by atoms with Crippen LogP contribution in [0, 0.1) is 5.82 Å². The van der Waals surface area contributed by atoms with Crippen LogP contribution in [0.5, 0.6) is 5.75 Å². The van der Waals surface area contributed by atoms with Crippen LogP contribution in [0.1, 0.15) is 28.6 Å². The van der Waals surface area contributed by atoms with Crippen molar-refractivity contribution in [2.24, 2.45) is 0 Å². The highest BCUT2D eigenvalue weighted by atomic mass is 19.1. The molecule has 0 fully saturated rings. The van der Waals surface area contributed by atoms with E-state index < -0.39 is 0 Å². The zero-order valence-corrected chi connectivity index (χ0v) is 14.4. The number of ether oxygens (including phenoxy) is 1. The van der Waals surface area contributed by atoms with Crippen LogP contribution < -0.4 is 10.1 Å². The number of amides is 1. The lowest BCUT2D eigenvalue weighted by Gasteiger charge is -2.15. The van der Waals surface area contributed by atoms with Crippen molar-refractivity contribution < 1.29 is 18.3 Å². The van der Waals surface area contributed by atoms with Crippen LogP contribution in [0.3, 0.4) is 0 Å². The Morgan fingerprint density at radius 3 is 2.62 bits per heavy atom. The fraction of sp³-hybridized carbons (Fsp3) is 0.190. The van der Waals surface area contributed by atoms with Crippen molar-refractivity contribution in [1.82, 2.24) is 5.32 Å². The van der Waals surface area contributed by atoms with Crippen molar-refractivity contribution in [3.63, 3.8) is 0 Å². The average molecular weight is 353 g/mol. The molecular formula is C21H20FNO3. The second-order valence-electron chi connectivity index (χ2n) is 6.07. The van der Waals surface area contributed by atoms with Crippen molar-refractivity contribution in [3.05, 3.63) is 89.6 Å². The van der Waals surface area contributed by atoms with Crippen LogP contribution >= 0.6 is 0 Å². The molecule has 0 spiro atoms. The van der Waals surface area contributed by atoms with Gasteiger partial charge in [0, 0.05) is 12.5 Å². The van der Waals surface area contributed by atoms with Crippen LogP contribution in [0.15, 0.2) is 71.3 Å². The third-order valence-electron chi connectivity index (χ3n) is 3.90. The fourth-order valence-corrected chi connectivity index (χ4v) is 2.60. The Balaban J connectivity index is 1.63. The van der Waals surface area contributed by atoms with Crippen molar-refractivity contribution in [2.75, 3.05) is 0 Å². The summed E-state index contributed by atoms with van der Waals surface area (Å²) in [5.74, 6) is 0.802. The van der Waals surface area contributed by atoms with Crippen LogP contribution in [0.4, 0.5) is 4.39 Å². The van der Waals surface area contributed by atoms with E-state index in [0.29, 0.717) is 17.7 Å². The lowest BCUT2D eigenvalue weighted by Crippen LogP contribution is -2.34. The molecule has 1 aromatic heterocycles. The van der Waals surface area contributed by atoms with Crippen molar-refractivity contribution in [2.45, 2.75) is 26.0 Å². The summed E-state index contributed by atoms with van der Waals surface area (Å²) in [6.45, 7) is 2.18. The molecule has 3 aromatic rings. The Labute approximate surface area is 151 Å². The Hall–Kier alpha value is -3.08. The first kappa shape index (κ1) is 17.7. The summed E-state index contributed by atoms with van der Waals surface area (Å²) in [5.41, 5.74) is 1.29. The highest BCUT2D eigenvalue weighted by Crippen LogP contribution is 2.20. The zero-order valence-electron chi connectivity index (χ0n) is 14.4. The maximum absolute atomic E-state index is 13.0. The molecule has 0 aliphatic heterocycles. The predicted octanol–water partition coefficient (Wildman–Crippen LogP) is 4.36. The predicted molar refractivity (Wildman–Crippen MR) is 96.5 cm³/mol. The van der Waals surface area contributed by atoms with Crippen molar-refractivity contribution >= 4 is 5.91 Å². The first-order chi connectivity index (χ1) is 12.6. The average Bonchev–Trinajstić information content (AvgIpc) is 3.14. The second-order valence-corrected chi connectivity index (χ2v) is 6.07. The van der Waals surface area contributed by atoms with Gasteiger partial charge in [-0.25, -0.2) is 4.39 Å². The number of furan rings is 1. The zero-order chi connectivity index (χ0) is 18.4. The highest BCUT2D eigenvalue weighted by Gasteiger charge is 2.15. The Morgan fingerprint density at radius 2 is 1.88 bits per heavy atom. The molecule has 0 radical (unpaired) electrons. The summed E-state index contributed by atoms with van der Waals surface area (Å²) in [5, 5.41) is 2.95. The number of halogens is 1. The Bertz CT molecular complexity index is 844. The van der Waals surface area contributed by atoms with Gasteiger partial charge in [-0.05, 0) is 48.9 Å². The molecule has 134 valence electrons. The molecule has 3 rings (SSSR count). The number of carbonyl (C=O) groups is 1. The molecule has 2 aromatic carbocycles. The van der Waals surface area contributed by atoms with Crippen LogP contribution in [0.25, 0.3) is 0 Å². The third kappa shape index (κ3) is 4.72. The van der Waals surface area contributed by atoms with Gasteiger partial charge in [-0.3, -0.25) is 4.79 Å². The lowest BCUT2D eigenvalue weighted by molar-refractivity contribution is 0.0934. The first-order valence-electron chi connectivity index (χ1n) is 8.41. The SMILES string of the molecule is C[C@@H](Cc1ccco1)NC(=O)c1ccccc1OCc1ccc(F)cc1. The molecular weight excluding hydrogens is 333 g/mol. The molecule has 1 heterocycles. The molecule has 4 nitrogen and oxygen atoms in total. The van der Waals surface area contributed by atoms with E-state index in [9.17, 15) is 9.18 Å². The Kier molecular flexibility index (Phi) is 5.69. The van der Waals surface area contributed by atoms with Gasteiger partial charge in [-0.1, -0.05) is 24.3 Å². The molecule has 0 saturated carbocycles. The van der Waals surface area contributed by atoms with E-state index in [1.165, 1.54) is 12.1 Å². The number of benzene rings is 2. The van der Waals surface area contributed by atoms with E-state index in [-0.39, 0.29) is 24.4 Å². The van der Waals surface area contributed by atoms with Crippen LogP contribution in [-0.4, -0.2) is 11.9 Å². The number of hydrogen-bond donors (Lipinski definition) is 1. The van der Waals surface area contributed by atoms with Crippen molar-refractivity contribution in [3.8, 4) is 5.75 Å². The number of carbonyl (C=O) groups excluding carboxylic acids is 1. The first-order valence-corrected chi connectivity index (χ1v) is 8.41. The summed E-state index contributed by atoms with van der Waals surface area (Å²) in [4.78, 5) is 12.6. The monoisotopic (exact) mass is 353 g/mol. The number of nitrogens with one attached hydrogen (secondary N) is 1. The topological polar surface area (TPSA) is 51.5 Å². The molecule has 0 saturated heterocycles. The van der Waals surface area contributed by atoms with Gasteiger partial charge >= 0.3 is 0 Å². The molecule has 1 N–H and O–H groups in total. The third-order valence-corrected chi connectivity index (χ3v) is 3.90. The maximum Gasteiger partial charge on any atom is 0.255 e. The normalized spacial score (nSPS) is 11.8. The molecule has 0 aliphatic rings. The van der Waals surface area contributed by atoms with Gasteiger partial charge in [0.15, 0.2) is 0 Å². The lowest BCUT2D eigenvalue weighted by atomic mass is 10.1. The van der Waals surface area contributed by atoms with Crippen LogP contribution in [0.2, 0.25) is 0 Å².